The largest absolute Gasteiger partial charge is 0.340 e. The van der Waals surface area contributed by atoms with Gasteiger partial charge in [0.2, 0.25) is 5.91 Å². The van der Waals surface area contributed by atoms with Crippen molar-refractivity contribution < 1.29 is 4.79 Å². The molecule has 1 heterocycles. The number of piperazine rings is 1. The minimum atomic E-state index is 0.228. The molecule has 0 unspecified atom stereocenters. The van der Waals surface area contributed by atoms with Crippen LogP contribution in [-0.2, 0) is 4.79 Å². The molecule has 1 saturated carbocycles. The lowest BCUT2D eigenvalue weighted by Crippen LogP contribution is -2.54. The maximum Gasteiger partial charge on any atom is 0.219 e. The van der Waals surface area contributed by atoms with Crippen molar-refractivity contribution in [1.29, 1.82) is 0 Å². The summed E-state index contributed by atoms with van der Waals surface area (Å²) in [4.78, 5) is 15.6. The van der Waals surface area contributed by atoms with Crippen molar-refractivity contribution in [3.63, 3.8) is 0 Å². The molecule has 0 spiro atoms. The molecule has 0 atom stereocenters. The first kappa shape index (κ1) is 13.5. The highest BCUT2D eigenvalue weighted by molar-refractivity contribution is 5.73. The second-order valence-corrected chi connectivity index (χ2v) is 4.77. The van der Waals surface area contributed by atoms with Crippen molar-refractivity contribution in [2.24, 2.45) is 5.92 Å². The summed E-state index contributed by atoms with van der Waals surface area (Å²) in [6.45, 7) is 12.0. The van der Waals surface area contributed by atoms with E-state index in [9.17, 15) is 4.79 Å². The number of amides is 1. The van der Waals surface area contributed by atoms with Gasteiger partial charge in [-0.3, -0.25) is 9.69 Å². The van der Waals surface area contributed by atoms with Crippen molar-refractivity contribution >= 4 is 5.91 Å². The second kappa shape index (κ2) is 6.24. The predicted octanol–water partition coefficient (Wildman–Crippen LogP) is 1.98. The van der Waals surface area contributed by atoms with E-state index in [4.69, 9.17) is 0 Å². The molecule has 2 fully saturated rings. The van der Waals surface area contributed by atoms with Crippen LogP contribution in [0.25, 0.3) is 0 Å². The molecule has 0 aromatic carbocycles. The first-order valence-electron chi connectivity index (χ1n) is 6.66. The summed E-state index contributed by atoms with van der Waals surface area (Å²) in [5.74, 6) is 1.15. The fourth-order valence-electron chi connectivity index (χ4n) is 2.56. The van der Waals surface area contributed by atoms with E-state index in [1.165, 1.54) is 12.8 Å². The first-order valence-corrected chi connectivity index (χ1v) is 6.66. The smallest absolute Gasteiger partial charge is 0.219 e. The fourth-order valence-corrected chi connectivity index (χ4v) is 2.56. The standard InChI is InChI=1S/C11H20N2O.C2H6/c1-9-7-11(8-9)13-5-3-12(4-6-13)10(2)14;1-2/h9,11H,3-8H2,1-2H3;1-2H3. The highest BCUT2D eigenvalue weighted by Gasteiger charge is 2.32. The van der Waals surface area contributed by atoms with E-state index in [1.54, 1.807) is 6.92 Å². The summed E-state index contributed by atoms with van der Waals surface area (Å²) in [5.41, 5.74) is 0. The molecule has 2 rings (SSSR count). The van der Waals surface area contributed by atoms with Crippen LogP contribution in [0.4, 0.5) is 0 Å². The average molecular weight is 226 g/mol. The third-order valence-corrected chi connectivity index (χ3v) is 3.62. The number of carbonyl (C=O) groups is 1. The van der Waals surface area contributed by atoms with Gasteiger partial charge < -0.3 is 4.90 Å². The Kier molecular flexibility index (Phi) is 5.26. The van der Waals surface area contributed by atoms with E-state index >= 15 is 0 Å². The highest BCUT2D eigenvalue weighted by atomic mass is 16.2. The van der Waals surface area contributed by atoms with Gasteiger partial charge >= 0.3 is 0 Å². The molecule has 94 valence electrons. The maximum atomic E-state index is 11.1. The fraction of sp³-hybridized carbons (Fsp3) is 0.923. The lowest BCUT2D eigenvalue weighted by molar-refractivity contribution is -0.131. The minimum absolute atomic E-state index is 0.228. The number of hydrogen-bond acceptors (Lipinski definition) is 2. The summed E-state index contributed by atoms with van der Waals surface area (Å²) < 4.78 is 0. The van der Waals surface area contributed by atoms with Gasteiger partial charge in [0, 0.05) is 39.1 Å². The van der Waals surface area contributed by atoms with Gasteiger partial charge in [-0.1, -0.05) is 20.8 Å². The van der Waals surface area contributed by atoms with Crippen molar-refractivity contribution in [1.82, 2.24) is 9.80 Å². The molecule has 0 bridgehead atoms. The zero-order chi connectivity index (χ0) is 12.1. The van der Waals surface area contributed by atoms with Crippen molar-refractivity contribution in [3.05, 3.63) is 0 Å². The molecule has 16 heavy (non-hydrogen) atoms. The Balaban J connectivity index is 0.000000606. The highest BCUT2D eigenvalue weighted by Crippen LogP contribution is 2.31. The Morgan fingerprint density at radius 2 is 1.56 bits per heavy atom. The van der Waals surface area contributed by atoms with Crippen LogP contribution in [0.1, 0.15) is 40.5 Å². The Labute approximate surface area is 99.8 Å². The first-order chi connectivity index (χ1) is 7.66. The van der Waals surface area contributed by atoms with Gasteiger partial charge in [-0.25, -0.2) is 0 Å². The molecule has 1 saturated heterocycles. The van der Waals surface area contributed by atoms with Crippen molar-refractivity contribution in [2.75, 3.05) is 26.2 Å². The summed E-state index contributed by atoms with van der Waals surface area (Å²) in [7, 11) is 0. The third-order valence-electron chi connectivity index (χ3n) is 3.62. The van der Waals surface area contributed by atoms with Gasteiger partial charge in [-0.2, -0.15) is 0 Å². The van der Waals surface area contributed by atoms with Crippen LogP contribution in [0.3, 0.4) is 0 Å². The number of carbonyl (C=O) groups excluding carboxylic acids is 1. The van der Waals surface area contributed by atoms with Crippen LogP contribution in [0, 0.1) is 5.92 Å². The molecule has 1 aliphatic carbocycles. The van der Waals surface area contributed by atoms with Crippen LogP contribution in [0.2, 0.25) is 0 Å². The van der Waals surface area contributed by atoms with Crippen molar-refractivity contribution in [2.45, 2.75) is 46.6 Å². The van der Waals surface area contributed by atoms with E-state index in [0.29, 0.717) is 0 Å². The molecule has 3 heteroatoms. The molecule has 1 aliphatic heterocycles. The number of hydrogen-bond donors (Lipinski definition) is 0. The van der Waals surface area contributed by atoms with E-state index in [0.717, 1.165) is 38.1 Å². The van der Waals surface area contributed by atoms with Crippen LogP contribution in [0.5, 0.6) is 0 Å². The Hall–Kier alpha value is -0.570. The quantitative estimate of drug-likeness (QED) is 0.682. The van der Waals surface area contributed by atoms with Crippen LogP contribution >= 0.6 is 0 Å². The van der Waals surface area contributed by atoms with E-state index < -0.39 is 0 Å². The lowest BCUT2D eigenvalue weighted by Gasteiger charge is -2.45. The average Bonchev–Trinajstić information content (AvgIpc) is 2.28. The molecular formula is C13H26N2O. The Morgan fingerprint density at radius 3 is 1.94 bits per heavy atom. The molecule has 0 aromatic heterocycles. The van der Waals surface area contributed by atoms with Gasteiger partial charge in [0.1, 0.15) is 0 Å². The van der Waals surface area contributed by atoms with Gasteiger partial charge in [-0.15, -0.1) is 0 Å². The molecule has 0 N–H and O–H groups in total. The van der Waals surface area contributed by atoms with E-state index in [2.05, 4.69) is 11.8 Å². The molecule has 0 aromatic rings. The van der Waals surface area contributed by atoms with Gasteiger partial charge in [0.05, 0.1) is 0 Å². The van der Waals surface area contributed by atoms with Crippen LogP contribution in [-0.4, -0.2) is 47.9 Å². The van der Waals surface area contributed by atoms with Gasteiger partial charge in [0.15, 0.2) is 0 Å². The topological polar surface area (TPSA) is 23.6 Å². The van der Waals surface area contributed by atoms with Gasteiger partial charge in [0.25, 0.3) is 0 Å². The van der Waals surface area contributed by atoms with Crippen molar-refractivity contribution in [3.8, 4) is 0 Å². The van der Waals surface area contributed by atoms with E-state index in [1.807, 2.05) is 18.7 Å². The summed E-state index contributed by atoms with van der Waals surface area (Å²) in [6, 6.07) is 0.819. The van der Waals surface area contributed by atoms with E-state index in [-0.39, 0.29) is 5.91 Å². The normalized spacial score (nSPS) is 30.1. The number of rotatable bonds is 1. The molecule has 1 amide bonds. The monoisotopic (exact) mass is 226 g/mol. The SMILES string of the molecule is CC.CC(=O)N1CCN(C2CC(C)C2)CC1. The molecular weight excluding hydrogens is 200 g/mol. The molecule has 3 nitrogen and oxygen atoms in total. The van der Waals surface area contributed by atoms with Crippen LogP contribution < -0.4 is 0 Å². The minimum Gasteiger partial charge on any atom is -0.340 e. The summed E-state index contributed by atoms with van der Waals surface area (Å²) in [6.07, 6.45) is 2.72. The second-order valence-electron chi connectivity index (χ2n) is 4.77. The maximum absolute atomic E-state index is 11.1. The Morgan fingerprint density at radius 1 is 1.06 bits per heavy atom. The number of nitrogens with zero attached hydrogens (tertiary/aromatic N) is 2. The molecule has 0 radical (unpaired) electrons. The lowest BCUT2D eigenvalue weighted by atomic mass is 9.80. The predicted molar refractivity (Wildman–Crippen MR) is 67.4 cm³/mol. The third kappa shape index (κ3) is 3.21. The summed E-state index contributed by atoms with van der Waals surface area (Å²) >= 11 is 0. The van der Waals surface area contributed by atoms with Gasteiger partial charge in [-0.05, 0) is 18.8 Å². The van der Waals surface area contributed by atoms with Crippen LogP contribution in [0.15, 0.2) is 0 Å². The summed E-state index contributed by atoms with van der Waals surface area (Å²) in [5, 5.41) is 0. The molecule has 2 aliphatic rings. The zero-order valence-electron chi connectivity index (χ0n) is 11.2. The Bertz CT molecular complexity index is 216. The zero-order valence-corrected chi connectivity index (χ0v) is 11.2.